The normalized spacial score (nSPS) is 21.9. The summed E-state index contributed by atoms with van der Waals surface area (Å²) in [4.78, 5) is 29.1. The monoisotopic (exact) mass is 264 g/mol. The van der Waals surface area contributed by atoms with Crippen LogP contribution in [0.5, 0.6) is 0 Å². The van der Waals surface area contributed by atoms with E-state index in [4.69, 9.17) is 0 Å². The number of hydrogen-bond acceptors (Lipinski definition) is 3. The second-order valence-electron chi connectivity index (χ2n) is 5.18. The fraction of sp³-hybridized carbons (Fsp3) is 0.583. The lowest BCUT2D eigenvalue weighted by Gasteiger charge is -2.31. The van der Waals surface area contributed by atoms with Gasteiger partial charge in [0.1, 0.15) is 5.92 Å². The van der Waals surface area contributed by atoms with E-state index in [0.29, 0.717) is 17.9 Å². The Morgan fingerprint density at radius 1 is 1.47 bits per heavy atom. The lowest BCUT2D eigenvalue weighted by Crippen LogP contribution is -2.46. The lowest BCUT2D eigenvalue weighted by atomic mass is 9.98. The molecule has 2 aliphatic rings. The number of aryl methyl sites for hydroxylation is 1. The Morgan fingerprint density at radius 3 is 2.84 bits per heavy atom. The van der Waals surface area contributed by atoms with E-state index < -0.39 is 11.9 Å². The van der Waals surface area contributed by atoms with E-state index in [-0.39, 0.29) is 18.6 Å². The van der Waals surface area contributed by atoms with Crippen LogP contribution in [-0.4, -0.2) is 44.1 Å². The van der Waals surface area contributed by atoms with Crippen LogP contribution in [0, 0.1) is 0 Å². The SMILES string of the molecule is Cn1cnc2c1C(C(=O)O)CN(C(=O)NC1CC1)C2. The number of carbonyl (C=O) groups excluding carboxylic acids is 1. The van der Waals surface area contributed by atoms with Gasteiger partial charge in [0.25, 0.3) is 0 Å². The van der Waals surface area contributed by atoms with E-state index in [1.807, 2.05) is 0 Å². The number of rotatable bonds is 2. The van der Waals surface area contributed by atoms with Crippen molar-refractivity contribution in [3.8, 4) is 0 Å². The lowest BCUT2D eigenvalue weighted by molar-refractivity contribution is -0.139. The van der Waals surface area contributed by atoms with Crippen molar-refractivity contribution < 1.29 is 14.7 Å². The van der Waals surface area contributed by atoms with Crippen LogP contribution in [0.2, 0.25) is 0 Å². The van der Waals surface area contributed by atoms with Gasteiger partial charge in [-0.1, -0.05) is 0 Å². The molecule has 1 fully saturated rings. The number of urea groups is 1. The maximum Gasteiger partial charge on any atom is 0.318 e. The molecule has 0 radical (unpaired) electrons. The van der Waals surface area contributed by atoms with E-state index in [0.717, 1.165) is 12.8 Å². The summed E-state index contributed by atoms with van der Waals surface area (Å²) in [6, 6.07) is 0.0750. The van der Waals surface area contributed by atoms with Crippen LogP contribution in [0.3, 0.4) is 0 Å². The van der Waals surface area contributed by atoms with Crippen molar-refractivity contribution in [2.45, 2.75) is 31.3 Å². The Hall–Kier alpha value is -2.05. The number of imidazole rings is 1. The molecule has 0 spiro atoms. The first-order chi connectivity index (χ1) is 9.06. The van der Waals surface area contributed by atoms with Crippen molar-refractivity contribution in [3.63, 3.8) is 0 Å². The van der Waals surface area contributed by atoms with Gasteiger partial charge in [0, 0.05) is 19.6 Å². The first-order valence-electron chi connectivity index (χ1n) is 6.34. The highest BCUT2D eigenvalue weighted by Crippen LogP contribution is 2.28. The number of carboxylic acid groups (broad SMARTS) is 1. The number of nitrogens with zero attached hydrogens (tertiary/aromatic N) is 3. The Labute approximate surface area is 110 Å². The van der Waals surface area contributed by atoms with Crippen LogP contribution < -0.4 is 5.32 Å². The van der Waals surface area contributed by atoms with E-state index >= 15 is 0 Å². The molecular weight excluding hydrogens is 248 g/mol. The van der Waals surface area contributed by atoms with E-state index in [1.54, 1.807) is 17.9 Å². The standard InChI is InChI=1S/C12H16N4O3/c1-15-6-13-9-5-16(12(19)14-7-2-3-7)4-8(10(9)15)11(17)18/h6-8H,2-5H2,1H3,(H,14,19)(H,17,18). The molecule has 7 nitrogen and oxygen atoms in total. The quantitative estimate of drug-likeness (QED) is 0.803. The smallest absolute Gasteiger partial charge is 0.318 e. The zero-order valence-electron chi connectivity index (χ0n) is 10.7. The molecule has 7 heteroatoms. The van der Waals surface area contributed by atoms with Gasteiger partial charge in [-0.3, -0.25) is 4.79 Å². The van der Waals surface area contributed by atoms with Gasteiger partial charge in [-0.2, -0.15) is 0 Å². The summed E-state index contributed by atoms with van der Waals surface area (Å²) in [5.41, 5.74) is 1.37. The van der Waals surface area contributed by atoms with Crippen molar-refractivity contribution in [1.29, 1.82) is 0 Å². The number of hydrogen-bond donors (Lipinski definition) is 2. The largest absolute Gasteiger partial charge is 0.481 e. The van der Waals surface area contributed by atoms with Crippen LogP contribution in [-0.2, 0) is 18.4 Å². The maximum absolute atomic E-state index is 12.0. The minimum Gasteiger partial charge on any atom is -0.481 e. The second kappa shape index (κ2) is 4.25. The fourth-order valence-corrected chi connectivity index (χ4v) is 2.45. The number of carboxylic acids is 1. The van der Waals surface area contributed by atoms with Crippen LogP contribution >= 0.6 is 0 Å². The molecule has 2 heterocycles. The zero-order chi connectivity index (χ0) is 13.6. The highest BCUT2D eigenvalue weighted by atomic mass is 16.4. The summed E-state index contributed by atoms with van der Waals surface area (Å²) >= 11 is 0. The fourth-order valence-electron chi connectivity index (χ4n) is 2.45. The molecule has 0 saturated heterocycles. The number of aliphatic carboxylic acids is 1. The average Bonchev–Trinajstić information content (AvgIpc) is 3.11. The van der Waals surface area contributed by atoms with Gasteiger partial charge in [0.2, 0.25) is 0 Å². The van der Waals surface area contributed by atoms with Gasteiger partial charge >= 0.3 is 12.0 Å². The molecule has 1 aliphatic carbocycles. The molecule has 2 N–H and O–H groups in total. The van der Waals surface area contributed by atoms with Gasteiger partial charge in [0.05, 0.1) is 24.3 Å². The van der Waals surface area contributed by atoms with Crippen LogP contribution in [0.1, 0.15) is 30.1 Å². The summed E-state index contributed by atoms with van der Waals surface area (Å²) in [7, 11) is 1.78. The summed E-state index contributed by atoms with van der Waals surface area (Å²) in [6.45, 7) is 0.568. The van der Waals surface area contributed by atoms with Gasteiger partial charge < -0.3 is 19.9 Å². The zero-order valence-corrected chi connectivity index (χ0v) is 10.7. The van der Waals surface area contributed by atoms with E-state index in [2.05, 4.69) is 10.3 Å². The molecule has 2 amide bonds. The van der Waals surface area contributed by atoms with Crippen molar-refractivity contribution in [1.82, 2.24) is 19.8 Å². The van der Waals surface area contributed by atoms with Gasteiger partial charge in [-0.05, 0) is 12.8 Å². The first kappa shape index (κ1) is 12.0. The van der Waals surface area contributed by atoms with Crippen LogP contribution in [0.25, 0.3) is 0 Å². The number of carbonyl (C=O) groups is 2. The summed E-state index contributed by atoms with van der Waals surface area (Å²) < 4.78 is 1.73. The van der Waals surface area contributed by atoms with Crippen molar-refractivity contribution >= 4 is 12.0 Å². The Balaban J connectivity index is 1.83. The molecule has 19 heavy (non-hydrogen) atoms. The third-order valence-corrected chi connectivity index (χ3v) is 3.63. The topological polar surface area (TPSA) is 87.5 Å². The van der Waals surface area contributed by atoms with Crippen LogP contribution in [0.4, 0.5) is 4.79 Å². The third-order valence-electron chi connectivity index (χ3n) is 3.63. The average molecular weight is 264 g/mol. The molecule has 102 valence electrons. The number of nitrogens with one attached hydrogen (secondary N) is 1. The van der Waals surface area contributed by atoms with Crippen molar-refractivity contribution in [2.75, 3.05) is 6.54 Å². The molecule has 1 aromatic rings. The van der Waals surface area contributed by atoms with Crippen molar-refractivity contribution in [3.05, 3.63) is 17.7 Å². The molecule has 1 atom stereocenters. The molecule has 0 aromatic carbocycles. The highest BCUT2D eigenvalue weighted by molar-refractivity contribution is 5.80. The third kappa shape index (κ3) is 2.16. The number of fused-ring (bicyclic) bond motifs is 1. The summed E-state index contributed by atoms with van der Waals surface area (Å²) in [6.07, 6.45) is 3.62. The molecule has 1 unspecified atom stereocenters. The molecular formula is C12H16N4O3. The van der Waals surface area contributed by atoms with E-state index in [1.165, 1.54) is 4.90 Å². The van der Waals surface area contributed by atoms with Gasteiger partial charge in [0.15, 0.2) is 0 Å². The maximum atomic E-state index is 12.0. The minimum atomic E-state index is -0.922. The predicted molar refractivity (Wildman–Crippen MR) is 65.5 cm³/mol. The van der Waals surface area contributed by atoms with Gasteiger partial charge in [-0.25, -0.2) is 9.78 Å². The molecule has 3 rings (SSSR count). The summed E-state index contributed by atoms with van der Waals surface area (Å²) in [5, 5.41) is 12.2. The predicted octanol–water partition coefficient (Wildman–Crippen LogP) is 0.276. The van der Waals surface area contributed by atoms with E-state index in [9.17, 15) is 14.7 Å². The molecule has 1 aromatic heterocycles. The Morgan fingerprint density at radius 2 is 2.21 bits per heavy atom. The highest BCUT2D eigenvalue weighted by Gasteiger charge is 2.36. The number of amides is 2. The van der Waals surface area contributed by atoms with Crippen molar-refractivity contribution in [2.24, 2.45) is 7.05 Å². The number of aromatic nitrogens is 2. The second-order valence-corrected chi connectivity index (χ2v) is 5.18. The summed E-state index contributed by atoms with van der Waals surface area (Å²) in [5.74, 6) is -1.63. The Kier molecular flexibility index (Phi) is 2.69. The first-order valence-corrected chi connectivity index (χ1v) is 6.34. The molecule has 1 aliphatic heterocycles. The molecule has 1 saturated carbocycles. The Bertz CT molecular complexity index is 535. The minimum absolute atomic E-state index is 0.190. The van der Waals surface area contributed by atoms with Gasteiger partial charge in [-0.15, -0.1) is 0 Å². The van der Waals surface area contributed by atoms with Crippen LogP contribution in [0.15, 0.2) is 6.33 Å². The molecule has 0 bridgehead atoms.